The smallest absolute Gasteiger partial charge is 0.407 e. The summed E-state index contributed by atoms with van der Waals surface area (Å²) in [5.41, 5.74) is 4.63. The minimum absolute atomic E-state index is 0.0210. The Morgan fingerprint density at radius 3 is 2.29 bits per heavy atom. The van der Waals surface area contributed by atoms with Gasteiger partial charge in [0.15, 0.2) is 0 Å². The molecule has 4 rings (SSSR count). The third kappa shape index (κ3) is 5.08. The molecule has 0 saturated heterocycles. The number of hydrogen-bond donors (Lipinski definition) is 3. The van der Waals surface area contributed by atoms with Gasteiger partial charge in [-0.05, 0) is 41.5 Å². The molecule has 7 heteroatoms. The molecule has 1 unspecified atom stereocenters. The van der Waals surface area contributed by atoms with E-state index >= 15 is 0 Å². The van der Waals surface area contributed by atoms with E-state index in [1.165, 1.54) is 11.1 Å². The van der Waals surface area contributed by atoms with E-state index in [1.807, 2.05) is 31.2 Å². The lowest BCUT2D eigenvalue weighted by Crippen LogP contribution is -2.45. The van der Waals surface area contributed by atoms with E-state index in [2.05, 4.69) is 34.9 Å². The van der Waals surface area contributed by atoms with Gasteiger partial charge in [0.05, 0.1) is 11.8 Å². The lowest BCUT2D eigenvalue weighted by molar-refractivity contribution is -0.142. The summed E-state index contributed by atoms with van der Waals surface area (Å²) in [6.07, 6.45) is 2.90. The van der Waals surface area contributed by atoms with Crippen molar-refractivity contribution in [3.05, 3.63) is 59.7 Å². The van der Waals surface area contributed by atoms with Crippen LogP contribution in [0.25, 0.3) is 11.1 Å². The zero-order chi connectivity index (χ0) is 24.1. The standard InChI is InChI=1S/C27H32N2O5/c1-2-8-17(26(31)32)15-28-25(30)22-13-7-14-24(22)29-27(33)34-16-23-20-11-5-3-9-18(20)19-10-4-6-12-21(19)23/h3-6,9-12,17,22-24H,2,7-8,13-16H2,1H3,(H,28,30)(H,29,33)(H,31,32)/t17?,22-,24+/m1/s1. The van der Waals surface area contributed by atoms with E-state index < -0.39 is 18.0 Å². The molecule has 2 aromatic carbocycles. The molecule has 2 aliphatic carbocycles. The van der Waals surface area contributed by atoms with Crippen molar-refractivity contribution in [2.45, 2.75) is 51.0 Å². The van der Waals surface area contributed by atoms with Crippen molar-refractivity contribution in [3.8, 4) is 11.1 Å². The van der Waals surface area contributed by atoms with Crippen LogP contribution in [0.15, 0.2) is 48.5 Å². The molecule has 3 atom stereocenters. The first-order chi connectivity index (χ1) is 16.5. The van der Waals surface area contributed by atoms with Crippen molar-refractivity contribution in [2.24, 2.45) is 11.8 Å². The Hall–Kier alpha value is -3.35. The number of benzene rings is 2. The molecule has 2 aliphatic rings. The Morgan fingerprint density at radius 1 is 1.03 bits per heavy atom. The highest BCUT2D eigenvalue weighted by molar-refractivity contribution is 5.82. The van der Waals surface area contributed by atoms with Crippen LogP contribution in [0.5, 0.6) is 0 Å². The number of carbonyl (C=O) groups excluding carboxylic acids is 2. The van der Waals surface area contributed by atoms with Crippen molar-refractivity contribution < 1.29 is 24.2 Å². The number of aliphatic carboxylic acids is 1. The van der Waals surface area contributed by atoms with Gasteiger partial charge in [0.1, 0.15) is 6.61 Å². The van der Waals surface area contributed by atoms with E-state index in [9.17, 15) is 19.5 Å². The zero-order valence-corrected chi connectivity index (χ0v) is 19.5. The first kappa shape index (κ1) is 23.8. The monoisotopic (exact) mass is 464 g/mol. The van der Waals surface area contributed by atoms with Gasteiger partial charge in [0, 0.05) is 18.5 Å². The number of rotatable bonds is 9. The van der Waals surface area contributed by atoms with Gasteiger partial charge < -0.3 is 20.5 Å². The quantitative estimate of drug-likeness (QED) is 0.513. The van der Waals surface area contributed by atoms with Crippen LogP contribution in [-0.4, -0.2) is 42.3 Å². The maximum Gasteiger partial charge on any atom is 0.407 e. The van der Waals surface area contributed by atoms with Crippen LogP contribution in [0.4, 0.5) is 4.79 Å². The number of fused-ring (bicyclic) bond motifs is 3. The topological polar surface area (TPSA) is 105 Å². The fraction of sp³-hybridized carbons (Fsp3) is 0.444. The first-order valence-corrected chi connectivity index (χ1v) is 12.1. The molecule has 2 amide bonds. The van der Waals surface area contributed by atoms with E-state index in [0.717, 1.165) is 24.0 Å². The summed E-state index contributed by atoms with van der Waals surface area (Å²) < 4.78 is 5.63. The van der Waals surface area contributed by atoms with E-state index in [1.54, 1.807) is 0 Å². The Morgan fingerprint density at radius 2 is 1.68 bits per heavy atom. The molecular formula is C27H32N2O5. The van der Waals surface area contributed by atoms with Crippen LogP contribution in [0.1, 0.15) is 56.1 Å². The summed E-state index contributed by atoms with van der Waals surface area (Å²) in [5, 5.41) is 15.0. The maximum atomic E-state index is 12.7. The van der Waals surface area contributed by atoms with Gasteiger partial charge >= 0.3 is 12.1 Å². The molecule has 0 bridgehead atoms. The molecule has 7 nitrogen and oxygen atoms in total. The number of hydrogen-bond acceptors (Lipinski definition) is 4. The van der Waals surface area contributed by atoms with Gasteiger partial charge in [-0.1, -0.05) is 68.3 Å². The summed E-state index contributed by atoms with van der Waals surface area (Å²) >= 11 is 0. The molecule has 2 aromatic rings. The van der Waals surface area contributed by atoms with E-state index in [-0.39, 0.29) is 36.9 Å². The molecular weight excluding hydrogens is 432 g/mol. The van der Waals surface area contributed by atoms with Crippen LogP contribution in [-0.2, 0) is 14.3 Å². The average Bonchev–Trinajstić information content (AvgIpc) is 3.42. The molecule has 0 heterocycles. The Labute approximate surface area is 199 Å². The molecule has 0 aliphatic heterocycles. The van der Waals surface area contributed by atoms with Gasteiger partial charge in [-0.2, -0.15) is 0 Å². The molecule has 180 valence electrons. The van der Waals surface area contributed by atoms with E-state index in [0.29, 0.717) is 19.3 Å². The summed E-state index contributed by atoms with van der Waals surface area (Å²) in [6, 6.07) is 16.0. The molecule has 1 saturated carbocycles. The third-order valence-corrected chi connectivity index (χ3v) is 7.01. The van der Waals surface area contributed by atoms with Gasteiger partial charge in [-0.25, -0.2) is 4.79 Å². The summed E-state index contributed by atoms with van der Waals surface area (Å²) in [4.78, 5) is 36.7. The van der Waals surface area contributed by atoms with Crippen LogP contribution < -0.4 is 10.6 Å². The molecule has 0 radical (unpaired) electrons. The highest BCUT2D eigenvalue weighted by Gasteiger charge is 2.35. The molecule has 1 fully saturated rings. The van der Waals surface area contributed by atoms with Crippen molar-refractivity contribution in [3.63, 3.8) is 0 Å². The fourth-order valence-corrected chi connectivity index (χ4v) is 5.25. The van der Waals surface area contributed by atoms with Crippen LogP contribution in [0.3, 0.4) is 0 Å². The average molecular weight is 465 g/mol. The van der Waals surface area contributed by atoms with Crippen LogP contribution >= 0.6 is 0 Å². The van der Waals surface area contributed by atoms with Gasteiger partial charge in [-0.3, -0.25) is 9.59 Å². The zero-order valence-electron chi connectivity index (χ0n) is 19.5. The van der Waals surface area contributed by atoms with Crippen molar-refractivity contribution >= 4 is 18.0 Å². The fourth-order valence-electron chi connectivity index (χ4n) is 5.25. The first-order valence-electron chi connectivity index (χ1n) is 12.1. The Balaban J connectivity index is 1.32. The Bertz CT molecular complexity index is 1010. The predicted molar refractivity (Wildman–Crippen MR) is 128 cm³/mol. The number of amides is 2. The minimum atomic E-state index is -0.901. The number of carbonyl (C=O) groups is 3. The second kappa shape index (κ2) is 10.7. The summed E-state index contributed by atoms with van der Waals surface area (Å²) in [5.74, 6) is -2.10. The number of carboxylic acid groups (broad SMARTS) is 1. The second-order valence-electron chi connectivity index (χ2n) is 9.18. The van der Waals surface area contributed by atoms with Gasteiger partial charge in [0.2, 0.25) is 5.91 Å². The Kier molecular flexibility index (Phi) is 7.50. The highest BCUT2D eigenvalue weighted by Crippen LogP contribution is 2.44. The summed E-state index contributed by atoms with van der Waals surface area (Å²) in [7, 11) is 0. The van der Waals surface area contributed by atoms with Gasteiger partial charge in [-0.15, -0.1) is 0 Å². The van der Waals surface area contributed by atoms with Crippen LogP contribution in [0.2, 0.25) is 0 Å². The number of nitrogens with one attached hydrogen (secondary N) is 2. The molecule has 0 aromatic heterocycles. The van der Waals surface area contributed by atoms with E-state index in [4.69, 9.17) is 4.74 Å². The van der Waals surface area contributed by atoms with Crippen molar-refractivity contribution in [1.29, 1.82) is 0 Å². The number of ether oxygens (including phenoxy) is 1. The number of carboxylic acids is 1. The normalized spacial score (nSPS) is 19.7. The summed E-state index contributed by atoms with van der Waals surface area (Å²) in [6.45, 7) is 2.25. The van der Waals surface area contributed by atoms with Crippen molar-refractivity contribution in [1.82, 2.24) is 10.6 Å². The molecule has 0 spiro atoms. The van der Waals surface area contributed by atoms with Crippen LogP contribution in [0, 0.1) is 11.8 Å². The largest absolute Gasteiger partial charge is 0.481 e. The third-order valence-electron chi connectivity index (χ3n) is 7.01. The SMILES string of the molecule is CCCC(CNC(=O)[C@@H]1CCC[C@@H]1NC(=O)OCC1c2ccccc2-c2ccccc21)C(=O)O. The molecule has 34 heavy (non-hydrogen) atoms. The predicted octanol–water partition coefficient (Wildman–Crippen LogP) is 4.31. The van der Waals surface area contributed by atoms with Crippen molar-refractivity contribution in [2.75, 3.05) is 13.2 Å². The lowest BCUT2D eigenvalue weighted by atomic mass is 9.98. The lowest BCUT2D eigenvalue weighted by Gasteiger charge is -2.22. The number of alkyl carbamates (subject to hydrolysis) is 1. The van der Waals surface area contributed by atoms with Gasteiger partial charge in [0.25, 0.3) is 0 Å². The maximum absolute atomic E-state index is 12.7. The second-order valence-corrected chi connectivity index (χ2v) is 9.18. The highest BCUT2D eigenvalue weighted by atomic mass is 16.5. The molecule has 3 N–H and O–H groups in total. The minimum Gasteiger partial charge on any atom is -0.481 e.